The second kappa shape index (κ2) is 5.29. The molecule has 0 unspecified atom stereocenters. The van der Waals surface area contributed by atoms with Crippen molar-refractivity contribution in [2.45, 2.75) is 20.4 Å². The van der Waals surface area contributed by atoms with Crippen molar-refractivity contribution in [2.24, 2.45) is 5.73 Å². The highest BCUT2D eigenvalue weighted by Crippen LogP contribution is 2.17. The van der Waals surface area contributed by atoms with E-state index in [1.165, 1.54) is 12.1 Å². The van der Waals surface area contributed by atoms with Crippen LogP contribution >= 0.6 is 12.4 Å². The largest absolute Gasteiger partial charge is 0.326 e. The number of nitrogens with two attached hydrogens (primary N) is 1. The number of hydrogen-bond donors (Lipinski definition) is 1. The number of aromatic nitrogens is 2. The van der Waals surface area contributed by atoms with Gasteiger partial charge in [0.15, 0.2) is 0 Å². The Morgan fingerprint density at radius 1 is 1.24 bits per heavy atom. The van der Waals surface area contributed by atoms with Gasteiger partial charge in [-0.3, -0.25) is 0 Å². The quantitative estimate of drug-likeness (QED) is 0.896. The molecular weight excluding hydrogens is 241 g/mol. The van der Waals surface area contributed by atoms with Crippen LogP contribution in [-0.2, 0) is 6.54 Å². The maximum atomic E-state index is 12.8. The predicted molar refractivity (Wildman–Crippen MR) is 68.1 cm³/mol. The molecule has 0 radical (unpaired) electrons. The molecule has 1 aromatic carbocycles. The minimum absolute atomic E-state index is 0. The second-order valence-corrected chi connectivity index (χ2v) is 3.74. The van der Waals surface area contributed by atoms with E-state index in [1.54, 1.807) is 16.8 Å². The molecule has 0 amide bonds. The van der Waals surface area contributed by atoms with Gasteiger partial charge in [0.2, 0.25) is 0 Å². The van der Waals surface area contributed by atoms with Crippen LogP contribution in [-0.4, -0.2) is 9.78 Å². The lowest BCUT2D eigenvalue weighted by atomic mass is 10.2. The SMILES string of the molecule is Cc1nn(-c2ccc(F)cc2)c(C)c1CN.Cl. The Morgan fingerprint density at radius 3 is 2.29 bits per heavy atom. The fourth-order valence-electron chi connectivity index (χ4n) is 1.80. The minimum Gasteiger partial charge on any atom is -0.326 e. The van der Waals surface area contributed by atoms with E-state index in [9.17, 15) is 4.39 Å². The Balaban J connectivity index is 0.00000144. The zero-order chi connectivity index (χ0) is 11.7. The molecule has 2 aromatic rings. The van der Waals surface area contributed by atoms with E-state index in [0.29, 0.717) is 6.54 Å². The Morgan fingerprint density at radius 2 is 1.82 bits per heavy atom. The first-order chi connectivity index (χ1) is 7.63. The summed E-state index contributed by atoms with van der Waals surface area (Å²) in [6.07, 6.45) is 0. The molecule has 0 saturated heterocycles. The summed E-state index contributed by atoms with van der Waals surface area (Å²) in [5, 5.41) is 4.40. The third-order valence-corrected chi connectivity index (χ3v) is 2.72. The van der Waals surface area contributed by atoms with E-state index >= 15 is 0 Å². The second-order valence-electron chi connectivity index (χ2n) is 3.74. The Labute approximate surface area is 106 Å². The highest BCUT2D eigenvalue weighted by atomic mass is 35.5. The van der Waals surface area contributed by atoms with Gasteiger partial charge >= 0.3 is 0 Å². The number of halogens is 2. The smallest absolute Gasteiger partial charge is 0.123 e. The van der Waals surface area contributed by atoms with E-state index in [2.05, 4.69) is 5.10 Å². The molecule has 3 nitrogen and oxygen atoms in total. The molecule has 0 bridgehead atoms. The maximum Gasteiger partial charge on any atom is 0.123 e. The molecule has 0 fully saturated rings. The van der Waals surface area contributed by atoms with Crippen molar-refractivity contribution >= 4 is 12.4 Å². The van der Waals surface area contributed by atoms with Gasteiger partial charge in [-0.05, 0) is 38.1 Å². The highest BCUT2D eigenvalue weighted by Gasteiger charge is 2.10. The van der Waals surface area contributed by atoms with Gasteiger partial charge in [0.1, 0.15) is 5.82 Å². The number of benzene rings is 1. The summed E-state index contributed by atoms with van der Waals surface area (Å²) < 4.78 is 14.6. The van der Waals surface area contributed by atoms with Gasteiger partial charge in [-0.25, -0.2) is 9.07 Å². The lowest BCUT2D eigenvalue weighted by Crippen LogP contribution is -2.02. The number of hydrogen-bond acceptors (Lipinski definition) is 2. The number of rotatable bonds is 2. The van der Waals surface area contributed by atoms with Gasteiger partial charge in [-0.2, -0.15) is 5.10 Å². The molecule has 2 rings (SSSR count). The third kappa shape index (κ3) is 2.48. The molecule has 1 aromatic heterocycles. The summed E-state index contributed by atoms with van der Waals surface area (Å²) in [6, 6.07) is 6.26. The molecule has 0 spiro atoms. The lowest BCUT2D eigenvalue weighted by Gasteiger charge is -2.04. The fourth-order valence-corrected chi connectivity index (χ4v) is 1.80. The maximum absolute atomic E-state index is 12.8. The van der Waals surface area contributed by atoms with Crippen molar-refractivity contribution in [2.75, 3.05) is 0 Å². The first-order valence-corrected chi connectivity index (χ1v) is 5.14. The average molecular weight is 256 g/mol. The topological polar surface area (TPSA) is 43.8 Å². The van der Waals surface area contributed by atoms with Crippen LogP contribution in [0.3, 0.4) is 0 Å². The summed E-state index contributed by atoms with van der Waals surface area (Å²) in [5.41, 5.74) is 9.47. The van der Waals surface area contributed by atoms with Crippen molar-refractivity contribution in [1.82, 2.24) is 9.78 Å². The molecule has 5 heteroatoms. The molecule has 0 aliphatic rings. The molecule has 0 atom stereocenters. The zero-order valence-electron chi connectivity index (χ0n) is 9.77. The lowest BCUT2D eigenvalue weighted by molar-refractivity contribution is 0.627. The first-order valence-electron chi connectivity index (χ1n) is 5.14. The fraction of sp³-hybridized carbons (Fsp3) is 0.250. The summed E-state index contributed by atoms with van der Waals surface area (Å²) in [7, 11) is 0. The molecule has 1 heterocycles. The van der Waals surface area contributed by atoms with E-state index < -0.39 is 0 Å². The van der Waals surface area contributed by atoms with Gasteiger partial charge in [-0.1, -0.05) is 0 Å². The van der Waals surface area contributed by atoms with Gasteiger partial charge < -0.3 is 5.73 Å². The summed E-state index contributed by atoms with van der Waals surface area (Å²) >= 11 is 0. The Kier molecular flexibility index (Phi) is 4.26. The zero-order valence-corrected chi connectivity index (χ0v) is 10.6. The molecule has 2 N–H and O–H groups in total. The van der Waals surface area contributed by atoms with Crippen LogP contribution in [0.4, 0.5) is 4.39 Å². The van der Waals surface area contributed by atoms with Crippen molar-refractivity contribution in [1.29, 1.82) is 0 Å². The predicted octanol–water partition coefficient (Wildman–Crippen LogP) is 2.51. The third-order valence-electron chi connectivity index (χ3n) is 2.72. The highest BCUT2D eigenvalue weighted by molar-refractivity contribution is 5.85. The summed E-state index contributed by atoms with van der Waals surface area (Å²) in [5.74, 6) is -0.246. The van der Waals surface area contributed by atoms with Crippen LogP contribution in [0.15, 0.2) is 24.3 Å². The van der Waals surface area contributed by atoms with Crippen LogP contribution in [0.1, 0.15) is 17.0 Å². The van der Waals surface area contributed by atoms with Crippen LogP contribution in [0.2, 0.25) is 0 Å². The first kappa shape index (κ1) is 13.7. The Hall–Kier alpha value is -1.39. The van der Waals surface area contributed by atoms with Crippen molar-refractivity contribution in [3.8, 4) is 5.69 Å². The molecule has 92 valence electrons. The standard InChI is InChI=1S/C12H14FN3.ClH/c1-8-12(7-14)9(2)16(15-8)11-5-3-10(13)4-6-11;/h3-6H,7,14H2,1-2H3;1H. The van der Waals surface area contributed by atoms with E-state index in [1.807, 2.05) is 13.8 Å². The molecule has 17 heavy (non-hydrogen) atoms. The van der Waals surface area contributed by atoms with Crippen LogP contribution in [0, 0.1) is 19.7 Å². The van der Waals surface area contributed by atoms with Crippen LogP contribution < -0.4 is 5.73 Å². The van der Waals surface area contributed by atoms with E-state index in [4.69, 9.17) is 5.73 Å². The van der Waals surface area contributed by atoms with Crippen molar-refractivity contribution in [3.05, 3.63) is 47.0 Å². The Bertz CT molecular complexity index is 505. The van der Waals surface area contributed by atoms with Gasteiger partial charge in [0.05, 0.1) is 11.4 Å². The monoisotopic (exact) mass is 255 g/mol. The van der Waals surface area contributed by atoms with Crippen LogP contribution in [0.5, 0.6) is 0 Å². The number of nitrogens with zero attached hydrogens (tertiary/aromatic N) is 2. The van der Waals surface area contributed by atoms with Crippen molar-refractivity contribution in [3.63, 3.8) is 0 Å². The number of aryl methyl sites for hydroxylation is 1. The van der Waals surface area contributed by atoms with Crippen molar-refractivity contribution < 1.29 is 4.39 Å². The van der Waals surface area contributed by atoms with E-state index in [-0.39, 0.29) is 18.2 Å². The normalized spacial score (nSPS) is 10.1. The van der Waals surface area contributed by atoms with Gasteiger partial charge in [-0.15, -0.1) is 12.4 Å². The molecule has 0 aliphatic heterocycles. The average Bonchev–Trinajstić information content (AvgIpc) is 2.55. The minimum atomic E-state index is -0.246. The molecular formula is C12H15ClFN3. The summed E-state index contributed by atoms with van der Waals surface area (Å²) in [4.78, 5) is 0. The van der Waals surface area contributed by atoms with Crippen LogP contribution in [0.25, 0.3) is 5.69 Å². The van der Waals surface area contributed by atoms with Gasteiger partial charge in [0, 0.05) is 17.8 Å². The van der Waals surface area contributed by atoms with Gasteiger partial charge in [0.25, 0.3) is 0 Å². The molecule has 0 aliphatic carbocycles. The van der Waals surface area contributed by atoms with E-state index in [0.717, 1.165) is 22.6 Å². The molecule has 0 saturated carbocycles. The summed E-state index contributed by atoms with van der Waals surface area (Å²) in [6.45, 7) is 4.36.